The van der Waals surface area contributed by atoms with E-state index in [0.717, 1.165) is 5.56 Å². The number of pyridine rings is 1. The van der Waals surface area contributed by atoms with E-state index in [1.807, 2.05) is 6.07 Å². The van der Waals surface area contributed by atoms with Crippen LogP contribution in [-0.4, -0.2) is 41.1 Å². The standard InChI is InChI=1S/C11H10N8O/c20-11(9-5-15-18-17-9)14-4-8-2-1-3-13-10(8)19-7-12-6-16-19/h1-3,5-7H,4H2,(H,14,20)(H,15,17,18). The number of hydrogen-bond acceptors (Lipinski definition) is 6. The smallest absolute Gasteiger partial charge is 0.273 e. The van der Waals surface area contributed by atoms with Gasteiger partial charge in [-0.05, 0) is 6.07 Å². The summed E-state index contributed by atoms with van der Waals surface area (Å²) in [5, 5.41) is 16.4. The van der Waals surface area contributed by atoms with Crippen LogP contribution in [0.2, 0.25) is 0 Å². The Labute approximate surface area is 113 Å². The van der Waals surface area contributed by atoms with Gasteiger partial charge in [-0.3, -0.25) is 4.79 Å². The molecule has 0 saturated heterocycles. The SMILES string of the molecule is O=C(NCc1cccnc1-n1cncn1)c1cn[nH]n1. The van der Waals surface area contributed by atoms with Gasteiger partial charge in [0.2, 0.25) is 0 Å². The van der Waals surface area contributed by atoms with Crippen LogP contribution in [0.25, 0.3) is 5.82 Å². The summed E-state index contributed by atoms with van der Waals surface area (Å²) in [6.45, 7) is 0.300. The van der Waals surface area contributed by atoms with Crippen LogP contribution in [0, 0.1) is 0 Å². The van der Waals surface area contributed by atoms with Crippen LogP contribution in [-0.2, 0) is 6.54 Å². The van der Waals surface area contributed by atoms with Gasteiger partial charge >= 0.3 is 0 Å². The van der Waals surface area contributed by atoms with E-state index in [2.05, 4.69) is 35.8 Å². The maximum absolute atomic E-state index is 11.8. The highest BCUT2D eigenvalue weighted by atomic mass is 16.1. The molecule has 0 unspecified atom stereocenters. The van der Waals surface area contributed by atoms with Crippen molar-refractivity contribution in [2.75, 3.05) is 0 Å². The van der Waals surface area contributed by atoms with Crippen LogP contribution >= 0.6 is 0 Å². The van der Waals surface area contributed by atoms with Crippen molar-refractivity contribution >= 4 is 5.91 Å². The third-order valence-electron chi connectivity index (χ3n) is 2.59. The van der Waals surface area contributed by atoms with Crippen molar-refractivity contribution < 1.29 is 4.79 Å². The van der Waals surface area contributed by atoms with Gasteiger partial charge in [-0.1, -0.05) is 6.07 Å². The largest absolute Gasteiger partial charge is 0.346 e. The number of H-pyrrole nitrogens is 1. The lowest BCUT2D eigenvalue weighted by atomic mass is 10.2. The third kappa shape index (κ3) is 2.36. The number of aromatic nitrogens is 7. The quantitative estimate of drug-likeness (QED) is 0.673. The normalized spacial score (nSPS) is 10.4. The maximum Gasteiger partial charge on any atom is 0.273 e. The molecular weight excluding hydrogens is 260 g/mol. The molecule has 9 nitrogen and oxygen atoms in total. The van der Waals surface area contributed by atoms with Crippen molar-refractivity contribution in [1.82, 2.24) is 40.5 Å². The van der Waals surface area contributed by atoms with E-state index in [4.69, 9.17) is 0 Å². The zero-order valence-corrected chi connectivity index (χ0v) is 10.3. The Hall–Kier alpha value is -3.10. The minimum Gasteiger partial charge on any atom is -0.346 e. The fourth-order valence-corrected chi connectivity index (χ4v) is 1.67. The van der Waals surface area contributed by atoms with Crippen LogP contribution in [0.3, 0.4) is 0 Å². The molecule has 20 heavy (non-hydrogen) atoms. The fourth-order valence-electron chi connectivity index (χ4n) is 1.67. The summed E-state index contributed by atoms with van der Waals surface area (Å²) in [5.41, 5.74) is 1.05. The first-order valence-electron chi connectivity index (χ1n) is 5.77. The molecule has 3 rings (SSSR count). The van der Waals surface area contributed by atoms with Gasteiger partial charge in [0.05, 0.1) is 6.20 Å². The lowest BCUT2D eigenvalue weighted by Crippen LogP contribution is -2.24. The molecule has 100 valence electrons. The molecule has 3 aromatic rings. The van der Waals surface area contributed by atoms with Gasteiger partial charge in [-0.15, -0.1) is 0 Å². The molecule has 9 heteroatoms. The van der Waals surface area contributed by atoms with Gasteiger partial charge < -0.3 is 5.32 Å². The number of carbonyl (C=O) groups is 1. The molecule has 2 N–H and O–H groups in total. The van der Waals surface area contributed by atoms with Crippen LogP contribution in [0.1, 0.15) is 16.1 Å². The number of hydrogen-bond donors (Lipinski definition) is 2. The van der Waals surface area contributed by atoms with Gasteiger partial charge in [-0.2, -0.15) is 20.5 Å². The lowest BCUT2D eigenvalue weighted by Gasteiger charge is -2.08. The van der Waals surface area contributed by atoms with Crippen molar-refractivity contribution in [2.45, 2.75) is 6.54 Å². The van der Waals surface area contributed by atoms with Crippen molar-refractivity contribution in [3.8, 4) is 5.82 Å². The maximum atomic E-state index is 11.8. The Morgan fingerprint density at radius 1 is 1.45 bits per heavy atom. The van der Waals surface area contributed by atoms with E-state index in [0.29, 0.717) is 12.4 Å². The van der Waals surface area contributed by atoms with Crippen molar-refractivity contribution in [3.05, 3.63) is 48.4 Å². The number of aromatic amines is 1. The molecule has 0 aliphatic rings. The summed E-state index contributed by atoms with van der Waals surface area (Å²) < 4.78 is 1.54. The number of amides is 1. The highest BCUT2D eigenvalue weighted by molar-refractivity contribution is 5.91. The Bertz CT molecular complexity index is 691. The zero-order chi connectivity index (χ0) is 13.8. The van der Waals surface area contributed by atoms with Gasteiger partial charge in [0.15, 0.2) is 11.5 Å². The number of nitrogens with one attached hydrogen (secondary N) is 2. The summed E-state index contributed by atoms with van der Waals surface area (Å²) in [6.07, 6.45) is 5.98. The summed E-state index contributed by atoms with van der Waals surface area (Å²) in [7, 11) is 0. The second-order valence-electron chi connectivity index (χ2n) is 3.86. The average molecular weight is 270 g/mol. The first-order chi connectivity index (χ1) is 9.84. The first kappa shape index (κ1) is 12.0. The molecule has 0 radical (unpaired) electrons. The van der Waals surface area contributed by atoms with Crippen LogP contribution in [0.15, 0.2) is 37.2 Å². The predicted molar refractivity (Wildman–Crippen MR) is 66.7 cm³/mol. The topological polar surface area (TPSA) is 114 Å². The van der Waals surface area contributed by atoms with Crippen molar-refractivity contribution in [3.63, 3.8) is 0 Å². The Kier molecular flexibility index (Phi) is 3.15. The summed E-state index contributed by atoms with van der Waals surface area (Å²) >= 11 is 0. The van der Waals surface area contributed by atoms with E-state index in [1.54, 1.807) is 18.6 Å². The molecule has 0 aliphatic heterocycles. The van der Waals surface area contributed by atoms with Gasteiger partial charge in [0.1, 0.15) is 12.7 Å². The van der Waals surface area contributed by atoms with E-state index < -0.39 is 0 Å². The molecule has 3 aromatic heterocycles. The predicted octanol–water partition coefficient (Wildman–Crippen LogP) is -0.290. The monoisotopic (exact) mass is 270 g/mol. The van der Waals surface area contributed by atoms with E-state index in [9.17, 15) is 4.79 Å². The number of rotatable bonds is 4. The molecule has 0 atom stereocenters. The highest BCUT2D eigenvalue weighted by Gasteiger charge is 2.11. The second-order valence-corrected chi connectivity index (χ2v) is 3.86. The second kappa shape index (κ2) is 5.26. The van der Waals surface area contributed by atoms with Crippen molar-refractivity contribution in [2.24, 2.45) is 0 Å². The number of nitrogens with zero attached hydrogens (tertiary/aromatic N) is 6. The minimum absolute atomic E-state index is 0.233. The lowest BCUT2D eigenvalue weighted by molar-refractivity contribution is 0.0946. The van der Waals surface area contributed by atoms with Gasteiger partial charge in [-0.25, -0.2) is 14.6 Å². The minimum atomic E-state index is -0.313. The molecule has 0 fully saturated rings. The average Bonchev–Trinajstić information content (AvgIpc) is 3.17. The van der Waals surface area contributed by atoms with E-state index in [-0.39, 0.29) is 11.6 Å². The Balaban J connectivity index is 1.77. The molecule has 0 aliphatic carbocycles. The highest BCUT2D eigenvalue weighted by Crippen LogP contribution is 2.09. The molecule has 0 aromatic carbocycles. The zero-order valence-electron chi connectivity index (χ0n) is 10.3. The van der Waals surface area contributed by atoms with Gasteiger partial charge in [0.25, 0.3) is 5.91 Å². The third-order valence-corrected chi connectivity index (χ3v) is 2.59. The molecule has 0 bridgehead atoms. The molecular formula is C11H10N8O. The first-order valence-corrected chi connectivity index (χ1v) is 5.77. The molecule has 0 saturated carbocycles. The molecule has 3 heterocycles. The van der Waals surface area contributed by atoms with E-state index >= 15 is 0 Å². The summed E-state index contributed by atoms with van der Waals surface area (Å²) in [5.74, 6) is 0.303. The number of carbonyl (C=O) groups excluding carboxylic acids is 1. The van der Waals surface area contributed by atoms with Crippen LogP contribution in [0.4, 0.5) is 0 Å². The fraction of sp³-hybridized carbons (Fsp3) is 0.0909. The van der Waals surface area contributed by atoms with Crippen LogP contribution < -0.4 is 5.32 Å². The molecule has 1 amide bonds. The summed E-state index contributed by atoms with van der Waals surface area (Å²) in [6, 6.07) is 3.64. The molecule has 0 spiro atoms. The van der Waals surface area contributed by atoms with Gasteiger partial charge in [0, 0.05) is 18.3 Å². The summed E-state index contributed by atoms with van der Waals surface area (Å²) in [4.78, 5) is 19.9. The Morgan fingerprint density at radius 2 is 2.40 bits per heavy atom. The van der Waals surface area contributed by atoms with E-state index in [1.165, 1.54) is 17.2 Å². The Morgan fingerprint density at radius 3 is 3.15 bits per heavy atom. The van der Waals surface area contributed by atoms with Crippen molar-refractivity contribution in [1.29, 1.82) is 0 Å². The van der Waals surface area contributed by atoms with Crippen LogP contribution in [0.5, 0.6) is 0 Å².